The molecule has 0 bridgehead atoms. The lowest BCUT2D eigenvalue weighted by Gasteiger charge is -2.13. The van der Waals surface area contributed by atoms with Crippen LogP contribution in [-0.2, 0) is 11.2 Å². The Kier molecular flexibility index (Phi) is 7.26. The third-order valence-corrected chi connectivity index (χ3v) is 5.43. The van der Waals surface area contributed by atoms with Crippen molar-refractivity contribution in [2.45, 2.75) is 6.42 Å². The highest BCUT2D eigenvalue weighted by molar-refractivity contribution is 14.1. The van der Waals surface area contributed by atoms with E-state index in [1.54, 1.807) is 12.1 Å². The second-order valence-electron chi connectivity index (χ2n) is 6.66. The Labute approximate surface area is 192 Å². The van der Waals surface area contributed by atoms with Gasteiger partial charge in [0.15, 0.2) is 0 Å². The normalized spacial score (nSPS) is 11.0. The third kappa shape index (κ3) is 5.83. The molecule has 0 radical (unpaired) electrons. The summed E-state index contributed by atoms with van der Waals surface area (Å²) >= 11 is 2.16. The van der Waals surface area contributed by atoms with E-state index in [0.29, 0.717) is 23.4 Å². The van der Waals surface area contributed by atoms with Gasteiger partial charge in [-0.1, -0.05) is 12.1 Å². The van der Waals surface area contributed by atoms with E-state index in [1.165, 1.54) is 49.6 Å². The number of nitrogens with one attached hydrogen (secondary N) is 1. The number of anilines is 1. The minimum Gasteiger partial charge on any atom is -0.508 e. The van der Waals surface area contributed by atoms with Gasteiger partial charge < -0.3 is 15.2 Å². The van der Waals surface area contributed by atoms with Gasteiger partial charge in [-0.05, 0) is 88.3 Å². The molecule has 3 aromatic carbocycles. The number of benzene rings is 3. The highest BCUT2D eigenvalue weighted by Gasteiger charge is 2.14. The molecule has 0 aromatic heterocycles. The van der Waals surface area contributed by atoms with Gasteiger partial charge in [0.2, 0.25) is 0 Å². The number of methoxy groups -OCH3 is 1. The standard InChI is InChI=1S/C24H18FIN2O3/c1-31-23-13-16(12-22(26)21(23)11-15-3-2-4-18(25)10-15)9-17(14-27)24(30)28-19-5-7-20(29)8-6-19/h2-10,12-13,29H,11H2,1H3,(H,28,30)/b17-9+. The Hall–Kier alpha value is -3.38. The van der Waals surface area contributed by atoms with E-state index in [9.17, 15) is 19.6 Å². The molecule has 0 fully saturated rings. The topological polar surface area (TPSA) is 82.3 Å². The number of carbonyl (C=O) groups is 1. The van der Waals surface area contributed by atoms with Crippen LogP contribution in [0.3, 0.4) is 0 Å². The number of ether oxygens (including phenoxy) is 1. The van der Waals surface area contributed by atoms with Crippen molar-refractivity contribution in [1.82, 2.24) is 0 Å². The summed E-state index contributed by atoms with van der Waals surface area (Å²) in [5.41, 5.74) is 2.70. The van der Waals surface area contributed by atoms with Gasteiger partial charge in [0.05, 0.1) is 7.11 Å². The van der Waals surface area contributed by atoms with Crippen LogP contribution >= 0.6 is 22.6 Å². The smallest absolute Gasteiger partial charge is 0.266 e. The summed E-state index contributed by atoms with van der Waals surface area (Å²) < 4.78 is 19.9. The maximum absolute atomic E-state index is 13.5. The highest BCUT2D eigenvalue weighted by atomic mass is 127. The molecular formula is C24H18FIN2O3. The minimum atomic E-state index is -0.564. The summed E-state index contributed by atoms with van der Waals surface area (Å²) in [4.78, 5) is 12.5. The zero-order chi connectivity index (χ0) is 22.4. The Balaban J connectivity index is 1.88. The Morgan fingerprint density at radius 3 is 2.61 bits per heavy atom. The molecule has 0 saturated heterocycles. The van der Waals surface area contributed by atoms with Crippen LogP contribution in [0, 0.1) is 20.7 Å². The molecule has 31 heavy (non-hydrogen) atoms. The zero-order valence-corrected chi connectivity index (χ0v) is 18.7. The first-order valence-corrected chi connectivity index (χ1v) is 10.3. The van der Waals surface area contributed by atoms with E-state index in [4.69, 9.17) is 4.74 Å². The van der Waals surface area contributed by atoms with Gasteiger partial charge in [0, 0.05) is 21.2 Å². The van der Waals surface area contributed by atoms with Gasteiger partial charge in [-0.2, -0.15) is 5.26 Å². The molecule has 7 heteroatoms. The summed E-state index contributed by atoms with van der Waals surface area (Å²) in [5, 5.41) is 21.4. The molecule has 0 aliphatic carbocycles. The number of phenols is 1. The maximum Gasteiger partial charge on any atom is 0.266 e. The average Bonchev–Trinajstić information content (AvgIpc) is 2.75. The number of aromatic hydroxyl groups is 1. The summed E-state index contributed by atoms with van der Waals surface area (Å²) in [6.07, 6.45) is 1.96. The summed E-state index contributed by atoms with van der Waals surface area (Å²) in [6.45, 7) is 0. The lowest BCUT2D eigenvalue weighted by atomic mass is 10.0. The third-order valence-electron chi connectivity index (χ3n) is 4.47. The van der Waals surface area contributed by atoms with Crippen LogP contribution in [0.25, 0.3) is 6.08 Å². The Morgan fingerprint density at radius 2 is 1.97 bits per heavy atom. The van der Waals surface area contributed by atoms with E-state index < -0.39 is 5.91 Å². The lowest BCUT2D eigenvalue weighted by Crippen LogP contribution is -2.13. The number of nitriles is 1. The van der Waals surface area contributed by atoms with Crippen molar-refractivity contribution < 1.29 is 19.0 Å². The molecule has 0 spiro atoms. The predicted molar refractivity (Wildman–Crippen MR) is 125 cm³/mol. The first-order chi connectivity index (χ1) is 14.9. The molecule has 0 aliphatic heterocycles. The van der Waals surface area contributed by atoms with Crippen LogP contribution < -0.4 is 10.1 Å². The van der Waals surface area contributed by atoms with Crippen molar-refractivity contribution in [1.29, 1.82) is 5.26 Å². The maximum atomic E-state index is 13.5. The average molecular weight is 528 g/mol. The van der Waals surface area contributed by atoms with Crippen molar-refractivity contribution in [3.63, 3.8) is 0 Å². The lowest BCUT2D eigenvalue weighted by molar-refractivity contribution is -0.112. The molecule has 0 atom stereocenters. The number of carbonyl (C=O) groups excluding carboxylic acids is 1. The van der Waals surface area contributed by atoms with Crippen LogP contribution in [0.2, 0.25) is 0 Å². The number of amides is 1. The Morgan fingerprint density at radius 1 is 1.23 bits per heavy atom. The molecule has 3 aromatic rings. The van der Waals surface area contributed by atoms with E-state index in [0.717, 1.165) is 14.7 Å². The molecule has 3 rings (SSSR count). The van der Waals surface area contributed by atoms with E-state index >= 15 is 0 Å². The molecule has 0 aliphatic rings. The van der Waals surface area contributed by atoms with Crippen LogP contribution in [0.1, 0.15) is 16.7 Å². The van der Waals surface area contributed by atoms with Gasteiger partial charge in [0.25, 0.3) is 5.91 Å². The van der Waals surface area contributed by atoms with Gasteiger partial charge in [-0.3, -0.25) is 4.79 Å². The van der Waals surface area contributed by atoms with Crippen LogP contribution in [0.15, 0.2) is 66.2 Å². The van der Waals surface area contributed by atoms with Gasteiger partial charge in [-0.15, -0.1) is 0 Å². The number of nitrogens with zero attached hydrogens (tertiary/aromatic N) is 1. The van der Waals surface area contributed by atoms with Crippen LogP contribution in [-0.4, -0.2) is 18.1 Å². The molecule has 0 unspecified atom stereocenters. The molecule has 156 valence electrons. The van der Waals surface area contributed by atoms with Gasteiger partial charge >= 0.3 is 0 Å². The molecular weight excluding hydrogens is 510 g/mol. The fourth-order valence-corrected chi connectivity index (χ4v) is 3.79. The van der Waals surface area contributed by atoms with E-state index in [-0.39, 0.29) is 17.1 Å². The van der Waals surface area contributed by atoms with Crippen molar-refractivity contribution in [2.75, 3.05) is 12.4 Å². The molecule has 5 nitrogen and oxygen atoms in total. The number of halogens is 2. The largest absolute Gasteiger partial charge is 0.508 e. The summed E-state index contributed by atoms with van der Waals surface area (Å²) in [7, 11) is 1.54. The first kappa shape index (κ1) is 22.3. The zero-order valence-electron chi connectivity index (χ0n) is 16.5. The number of hydrogen-bond acceptors (Lipinski definition) is 4. The fraction of sp³-hybridized carbons (Fsp3) is 0.0833. The van der Waals surface area contributed by atoms with E-state index in [2.05, 4.69) is 27.9 Å². The molecule has 1 amide bonds. The van der Waals surface area contributed by atoms with Crippen molar-refractivity contribution >= 4 is 40.3 Å². The predicted octanol–water partition coefficient (Wildman–Crippen LogP) is 5.28. The van der Waals surface area contributed by atoms with Crippen molar-refractivity contribution in [3.05, 3.63) is 92.3 Å². The molecule has 0 saturated carbocycles. The monoisotopic (exact) mass is 528 g/mol. The van der Waals surface area contributed by atoms with Gasteiger partial charge in [0.1, 0.15) is 29.0 Å². The number of hydrogen-bond donors (Lipinski definition) is 2. The van der Waals surface area contributed by atoms with Crippen LogP contribution in [0.5, 0.6) is 11.5 Å². The summed E-state index contributed by atoms with van der Waals surface area (Å²) in [5.74, 6) is -0.206. The second kappa shape index (κ2) is 10.1. The van der Waals surface area contributed by atoms with Gasteiger partial charge in [-0.25, -0.2) is 4.39 Å². The fourth-order valence-electron chi connectivity index (χ4n) is 2.98. The molecule has 2 N–H and O–H groups in total. The van der Waals surface area contributed by atoms with E-state index in [1.807, 2.05) is 18.2 Å². The number of rotatable bonds is 6. The minimum absolute atomic E-state index is 0.0778. The van der Waals surface area contributed by atoms with Crippen LogP contribution in [0.4, 0.5) is 10.1 Å². The SMILES string of the molecule is COc1cc(/C=C(\C#N)C(=O)Nc2ccc(O)cc2)cc(I)c1Cc1cccc(F)c1. The Bertz CT molecular complexity index is 1180. The van der Waals surface area contributed by atoms with Crippen molar-refractivity contribution in [3.8, 4) is 17.6 Å². The highest BCUT2D eigenvalue weighted by Crippen LogP contribution is 2.30. The summed E-state index contributed by atoms with van der Waals surface area (Å²) in [6, 6.07) is 17.8. The molecule has 0 heterocycles. The van der Waals surface area contributed by atoms with Crippen molar-refractivity contribution in [2.24, 2.45) is 0 Å². The first-order valence-electron chi connectivity index (χ1n) is 9.22. The quantitative estimate of drug-likeness (QED) is 0.198. The number of phenolic OH excluding ortho intramolecular Hbond substituents is 1. The second-order valence-corrected chi connectivity index (χ2v) is 7.82.